The highest BCUT2D eigenvalue weighted by Gasteiger charge is 2.20. The van der Waals surface area contributed by atoms with E-state index in [-0.39, 0.29) is 0 Å². The summed E-state index contributed by atoms with van der Waals surface area (Å²) in [6.07, 6.45) is 1.19. The van der Waals surface area contributed by atoms with Crippen molar-refractivity contribution in [3.05, 3.63) is 44.8 Å². The topological polar surface area (TPSA) is 3.24 Å². The second kappa shape index (κ2) is 5.80. The van der Waals surface area contributed by atoms with Crippen LogP contribution in [-0.2, 0) is 0 Å². The van der Waals surface area contributed by atoms with E-state index in [9.17, 15) is 0 Å². The van der Waals surface area contributed by atoms with Gasteiger partial charge in [0.1, 0.15) is 0 Å². The molecule has 1 nitrogen and oxygen atoms in total. The van der Waals surface area contributed by atoms with Gasteiger partial charge in [0.15, 0.2) is 0 Å². The number of thiophene rings is 2. The van der Waals surface area contributed by atoms with Crippen molar-refractivity contribution in [2.24, 2.45) is 0 Å². The van der Waals surface area contributed by atoms with E-state index >= 15 is 0 Å². The quantitative estimate of drug-likeness (QED) is 0.780. The SMILES string of the molecule is CC(CC(c1cccs1)c1cccs1)N(C)C. The van der Waals surface area contributed by atoms with E-state index in [2.05, 4.69) is 60.9 Å². The Hall–Kier alpha value is -0.640. The molecule has 1 atom stereocenters. The van der Waals surface area contributed by atoms with Gasteiger partial charge in [-0.25, -0.2) is 0 Å². The van der Waals surface area contributed by atoms with Crippen molar-refractivity contribution in [2.75, 3.05) is 14.1 Å². The van der Waals surface area contributed by atoms with Crippen LogP contribution in [0.4, 0.5) is 0 Å². The third-order valence-electron chi connectivity index (χ3n) is 3.23. The molecule has 0 aliphatic heterocycles. The third kappa shape index (κ3) is 3.18. The van der Waals surface area contributed by atoms with E-state index in [1.165, 1.54) is 16.2 Å². The summed E-state index contributed by atoms with van der Waals surface area (Å²) in [6.45, 7) is 2.30. The van der Waals surface area contributed by atoms with E-state index in [0.717, 1.165) is 0 Å². The van der Waals surface area contributed by atoms with Crippen molar-refractivity contribution in [1.82, 2.24) is 4.90 Å². The highest BCUT2D eigenvalue weighted by atomic mass is 32.1. The summed E-state index contributed by atoms with van der Waals surface area (Å²) in [5.74, 6) is 0.562. The van der Waals surface area contributed by atoms with Gasteiger partial charge in [-0.1, -0.05) is 12.1 Å². The molecule has 0 amide bonds. The lowest BCUT2D eigenvalue weighted by Gasteiger charge is -2.24. The van der Waals surface area contributed by atoms with Gasteiger partial charge < -0.3 is 4.90 Å². The van der Waals surface area contributed by atoms with Gasteiger partial charge in [0.2, 0.25) is 0 Å². The van der Waals surface area contributed by atoms with Gasteiger partial charge >= 0.3 is 0 Å². The molecule has 0 aromatic carbocycles. The Labute approximate surface area is 112 Å². The zero-order chi connectivity index (χ0) is 12.3. The standard InChI is InChI=1S/C14H19NS2/c1-11(15(2)3)10-12(13-6-4-8-16-13)14-7-5-9-17-14/h4-9,11-12H,10H2,1-3H3. The van der Waals surface area contributed by atoms with Crippen LogP contribution in [-0.4, -0.2) is 25.0 Å². The van der Waals surface area contributed by atoms with Gasteiger partial charge in [-0.2, -0.15) is 0 Å². The summed E-state index contributed by atoms with van der Waals surface area (Å²) in [6, 6.07) is 9.43. The van der Waals surface area contributed by atoms with Gasteiger partial charge in [-0.3, -0.25) is 0 Å². The molecule has 2 heterocycles. The zero-order valence-electron chi connectivity index (χ0n) is 10.6. The Morgan fingerprint density at radius 1 is 1.06 bits per heavy atom. The van der Waals surface area contributed by atoms with Gasteiger partial charge in [0.05, 0.1) is 0 Å². The van der Waals surface area contributed by atoms with Gasteiger partial charge in [0, 0.05) is 21.7 Å². The van der Waals surface area contributed by atoms with Crippen molar-refractivity contribution < 1.29 is 0 Å². The second-order valence-corrected chi connectivity index (χ2v) is 6.59. The molecule has 0 saturated heterocycles. The fourth-order valence-electron chi connectivity index (χ4n) is 1.90. The maximum Gasteiger partial charge on any atom is 0.0292 e. The van der Waals surface area contributed by atoms with Gasteiger partial charge in [-0.05, 0) is 50.3 Å². The van der Waals surface area contributed by atoms with E-state index in [0.29, 0.717) is 12.0 Å². The average Bonchev–Trinajstić information content (AvgIpc) is 2.98. The average molecular weight is 265 g/mol. The zero-order valence-corrected chi connectivity index (χ0v) is 12.2. The van der Waals surface area contributed by atoms with Gasteiger partial charge in [0.25, 0.3) is 0 Å². The molecule has 92 valence electrons. The maximum atomic E-state index is 2.30. The third-order valence-corrected chi connectivity index (χ3v) is 5.20. The molecular formula is C14H19NS2. The number of nitrogens with zero attached hydrogens (tertiary/aromatic N) is 1. The predicted molar refractivity (Wildman–Crippen MR) is 78.2 cm³/mol. The summed E-state index contributed by atoms with van der Waals surface area (Å²) >= 11 is 3.74. The van der Waals surface area contributed by atoms with Crippen molar-refractivity contribution in [1.29, 1.82) is 0 Å². The molecule has 2 aromatic heterocycles. The van der Waals surface area contributed by atoms with Crippen LogP contribution in [0.25, 0.3) is 0 Å². The summed E-state index contributed by atoms with van der Waals surface area (Å²) in [7, 11) is 4.31. The lowest BCUT2D eigenvalue weighted by atomic mass is 9.97. The maximum absolute atomic E-state index is 2.30. The minimum absolute atomic E-state index is 0.562. The number of hydrogen-bond donors (Lipinski definition) is 0. The fraction of sp³-hybridized carbons (Fsp3) is 0.429. The second-order valence-electron chi connectivity index (χ2n) is 4.63. The molecule has 1 unspecified atom stereocenters. The first-order valence-electron chi connectivity index (χ1n) is 5.91. The van der Waals surface area contributed by atoms with Crippen LogP contribution < -0.4 is 0 Å². The normalized spacial score (nSPS) is 13.5. The molecule has 0 fully saturated rings. The van der Waals surface area contributed by atoms with Crippen molar-refractivity contribution in [3.8, 4) is 0 Å². The molecule has 0 saturated carbocycles. The Balaban J connectivity index is 2.20. The molecule has 0 radical (unpaired) electrons. The van der Waals surface area contributed by atoms with Crippen LogP contribution in [0.15, 0.2) is 35.0 Å². The van der Waals surface area contributed by atoms with Crippen LogP contribution in [0, 0.1) is 0 Å². The monoisotopic (exact) mass is 265 g/mol. The molecular weight excluding hydrogens is 246 g/mol. The molecule has 3 heteroatoms. The number of rotatable bonds is 5. The van der Waals surface area contributed by atoms with Crippen LogP contribution in [0.5, 0.6) is 0 Å². The molecule has 0 N–H and O–H groups in total. The van der Waals surface area contributed by atoms with Crippen LogP contribution in [0.1, 0.15) is 29.0 Å². The number of hydrogen-bond acceptors (Lipinski definition) is 3. The minimum Gasteiger partial charge on any atom is -0.307 e. The summed E-state index contributed by atoms with van der Waals surface area (Å²) in [5, 5.41) is 4.35. The fourth-order valence-corrected chi connectivity index (χ4v) is 3.70. The Bertz CT molecular complexity index is 383. The lowest BCUT2D eigenvalue weighted by Crippen LogP contribution is -2.26. The summed E-state index contributed by atoms with van der Waals surface area (Å²) < 4.78 is 0. The van der Waals surface area contributed by atoms with Crippen LogP contribution >= 0.6 is 22.7 Å². The first-order chi connectivity index (χ1) is 8.18. The van der Waals surface area contributed by atoms with Crippen molar-refractivity contribution in [3.63, 3.8) is 0 Å². The Morgan fingerprint density at radius 2 is 1.59 bits per heavy atom. The van der Waals surface area contributed by atoms with Crippen LogP contribution in [0.2, 0.25) is 0 Å². The summed E-state index contributed by atoms with van der Waals surface area (Å²) in [5.41, 5.74) is 0. The van der Waals surface area contributed by atoms with E-state index < -0.39 is 0 Å². The van der Waals surface area contributed by atoms with Crippen LogP contribution in [0.3, 0.4) is 0 Å². The van der Waals surface area contributed by atoms with Crippen molar-refractivity contribution >= 4 is 22.7 Å². The first-order valence-corrected chi connectivity index (χ1v) is 7.67. The van der Waals surface area contributed by atoms with E-state index in [1.807, 2.05) is 22.7 Å². The molecule has 2 rings (SSSR count). The van der Waals surface area contributed by atoms with E-state index in [4.69, 9.17) is 0 Å². The Morgan fingerprint density at radius 3 is 1.94 bits per heavy atom. The largest absolute Gasteiger partial charge is 0.307 e. The van der Waals surface area contributed by atoms with Crippen molar-refractivity contribution in [2.45, 2.75) is 25.3 Å². The van der Waals surface area contributed by atoms with E-state index in [1.54, 1.807) is 0 Å². The highest BCUT2D eigenvalue weighted by Crippen LogP contribution is 2.35. The Kier molecular flexibility index (Phi) is 4.37. The molecule has 17 heavy (non-hydrogen) atoms. The molecule has 0 bridgehead atoms. The predicted octanol–water partition coefficient (Wildman–Crippen LogP) is 4.28. The van der Waals surface area contributed by atoms with Gasteiger partial charge in [-0.15, -0.1) is 22.7 Å². The minimum atomic E-state index is 0.562. The molecule has 0 aliphatic rings. The molecule has 0 spiro atoms. The summed E-state index contributed by atoms with van der Waals surface area (Å²) in [4.78, 5) is 5.27. The molecule has 2 aromatic rings. The smallest absolute Gasteiger partial charge is 0.0292 e. The highest BCUT2D eigenvalue weighted by molar-refractivity contribution is 7.11. The first kappa shape index (κ1) is 12.8. The lowest BCUT2D eigenvalue weighted by molar-refractivity contribution is 0.292. The molecule has 0 aliphatic carbocycles.